The van der Waals surface area contributed by atoms with Crippen molar-refractivity contribution in [1.29, 1.82) is 0 Å². The highest BCUT2D eigenvalue weighted by Crippen LogP contribution is 2.25. The number of nitrogens with one attached hydrogen (secondary N) is 1. The summed E-state index contributed by atoms with van der Waals surface area (Å²) in [6.45, 7) is 9.30. The van der Waals surface area contributed by atoms with Gasteiger partial charge in [-0.15, -0.1) is 0 Å². The van der Waals surface area contributed by atoms with Crippen LogP contribution in [0, 0.1) is 0 Å². The van der Waals surface area contributed by atoms with Gasteiger partial charge in [-0.3, -0.25) is 9.10 Å². The van der Waals surface area contributed by atoms with Crippen molar-refractivity contribution in [3.63, 3.8) is 0 Å². The Kier molecular flexibility index (Phi) is 6.64. The Hall–Kier alpha value is -2.04. The normalized spacial score (nSPS) is 10.8. The zero-order valence-corrected chi connectivity index (χ0v) is 15.2. The van der Waals surface area contributed by atoms with Crippen molar-refractivity contribution in [2.45, 2.75) is 6.42 Å². The number of carbonyl (C=O) groups excluding carboxylic acids is 1. The molecule has 0 spiro atoms. The minimum Gasteiger partial charge on any atom is -0.352 e. The van der Waals surface area contributed by atoms with Crippen LogP contribution in [0.25, 0.3) is 22.9 Å². The lowest BCUT2D eigenvalue weighted by atomic mass is 9.97. The number of hydrogen-bond donors (Lipinski definition) is 1. The number of carbonyl (C=O) groups is 1. The van der Waals surface area contributed by atoms with Crippen molar-refractivity contribution in [3.05, 3.63) is 60.2 Å². The Morgan fingerprint density at radius 1 is 1.25 bits per heavy atom. The highest BCUT2D eigenvalue weighted by atomic mass is 32.2. The summed E-state index contributed by atoms with van der Waals surface area (Å²) in [4.78, 5) is 12.6. The molecule has 1 N–H and O–H groups in total. The molecule has 0 aliphatic rings. The van der Waals surface area contributed by atoms with E-state index in [4.69, 9.17) is 0 Å². The van der Waals surface area contributed by atoms with E-state index in [-0.39, 0.29) is 5.91 Å². The lowest BCUT2D eigenvalue weighted by Crippen LogP contribution is -2.26. The maximum absolute atomic E-state index is 12.6. The zero-order chi connectivity index (χ0) is 17.5. The lowest BCUT2D eigenvalue weighted by Gasteiger charge is -2.13. The van der Waals surface area contributed by atoms with Gasteiger partial charge in [0.2, 0.25) is 0 Å². The summed E-state index contributed by atoms with van der Waals surface area (Å²) >= 11 is 1.69. The van der Waals surface area contributed by atoms with Gasteiger partial charge >= 0.3 is 0 Å². The van der Waals surface area contributed by atoms with Gasteiger partial charge in [0.25, 0.3) is 5.91 Å². The maximum Gasteiger partial charge on any atom is 0.251 e. The van der Waals surface area contributed by atoms with Crippen molar-refractivity contribution in [2.75, 3.05) is 26.4 Å². The average molecular weight is 340 g/mol. The SMILES string of the molecule is C=Cc1cc2cccc(C(=O)NCCCN(C)SC)c2cc1C=C. The summed E-state index contributed by atoms with van der Waals surface area (Å²) in [7, 11) is 2.05. The molecule has 2 aromatic carbocycles. The van der Waals surface area contributed by atoms with Gasteiger partial charge in [-0.05, 0) is 59.8 Å². The molecule has 0 saturated heterocycles. The van der Waals surface area contributed by atoms with E-state index in [1.54, 1.807) is 18.0 Å². The van der Waals surface area contributed by atoms with Crippen molar-refractivity contribution in [1.82, 2.24) is 9.62 Å². The van der Waals surface area contributed by atoms with Gasteiger partial charge in [0.05, 0.1) is 0 Å². The molecule has 0 heterocycles. The van der Waals surface area contributed by atoms with Gasteiger partial charge in [-0.1, -0.05) is 49.4 Å². The van der Waals surface area contributed by atoms with Crippen LogP contribution >= 0.6 is 11.9 Å². The summed E-state index contributed by atoms with van der Waals surface area (Å²) in [6.07, 6.45) is 6.57. The smallest absolute Gasteiger partial charge is 0.251 e. The minimum absolute atomic E-state index is 0.0335. The summed E-state index contributed by atoms with van der Waals surface area (Å²) in [5, 5.41) is 4.99. The number of fused-ring (bicyclic) bond motifs is 1. The summed E-state index contributed by atoms with van der Waals surface area (Å²) in [6, 6.07) is 9.85. The molecule has 4 heteroatoms. The molecule has 0 aromatic heterocycles. The second-order valence-corrected chi connectivity index (χ2v) is 6.55. The van der Waals surface area contributed by atoms with Gasteiger partial charge in [0.15, 0.2) is 0 Å². The predicted molar refractivity (Wildman–Crippen MR) is 107 cm³/mol. The highest BCUT2D eigenvalue weighted by molar-refractivity contribution is 7.96. The molecule has 0 fully saturated rings. The van der Waals surface area contributed by atoms with Gasteiger partial charge < -0.3 is 5.32 Å². The molecular formula is C20H24N2OS. The fraction of sp³-hybridized carbons (Fsp3) is 0.250. The number of rotatable bonds is 8. The molecule has 1 amide bonds. The number of benzene rings is 2. The molecule has 0 unspecified atom stereocenters. The van der Waals surface area contributed by atoms with Crippen LogP contribution in [0.2, 0.25) is 0 Å². The third kappa shape index (κ3) is 4.28. The first kappa shape index (κ1) is 18.3. The summed E-state index contributed by atoms with van der Waals surface area (Å²) in [5.41, 5.74) is 2.71. The first-order chi connectivity index (χ1) is 11.6. The molecule has 2 rings (SSSR count). The van der Waals surface area contributed by atoms with Crippen molar-refractivity contribution < 1.29 is 4.79 Å². The lowest BCUT2D eigenvalue weighted by molar-refractivity contribution is 0.0954. The Morgan fingerprint density at radius 2 is 1.96 bits per heavy atom. The van der Waals surface area contributed by atoms with Gasteiger partial charge in [-0.2, -0.15) is 0 Å². The van der Waals surface area contributed by atoms with E-state index in [9.17, 15) is 4.79 Å². The molecule has 3 nitrogen and oxygen atoms in total. The van der Waals surface area contributed by atoms with Crippen LogP contribution in [0.4, 0.5) is 0 Å². The Balaban J connectivity index is 2.20. The van der Waals surface area contributed by atoms with Crippen molar-refractivity contribution in [3.8, 4) is 0 Å². The molecule has 2 aromatic rings. The van der Waals surface area contributed by atoms with E-state index >= 15 is 0 Å². The van der Waals surface area contributed by atoms with Crippen molar-refractivity contribution >= 4 is 40.8 Å². The first-order valence-corrected chi connectivity index (χ1v) is 9.14. The molecule has 24 heavy (non-hydrogen) atoms. The monoisotopic (exact) mass is 340 g/mol. The predicted octanol–water partition coefficient (Wildman–Crippen LogP) is 4.46. The second-order valence-electron chi connectivity index (χ2n) is 5.56. The van der Waals surface area contributed by atoms with Crippen LogP contribution < -0.4 is 5.32 Å². The van der Waals surface area contributed by atoms with Crippen LogP contribution in [0.5, 0.6) is 0 Å². The van der Waals surface area contributed by atoms with Gasteiger partial charge in [-0.25, -0.2) is 0 Å². The molecular weight excluding hydrogens is 316 g/mol. The number of nitrogens with zero attached hydrogens (tertiary/aromatic N) is 1. The van der Waals surface area contributed by atoms with Crippen molar-refractivity contribution in [2.24, 2.45) is 0 Å². The fourth-order valence-electron chi connectivity index (χ4n) is 2.60. The first-order valence-electron chi connectivity index (χ1n) is 7.95. The molecule has 126 valence electrons. The number of amides is 1. The van der Waals surface area contributed by atoms with E-state index in [1.807, 2.05) is 49.7 Å². The average Bonchev–Trinajstić information content (AvgIpc) is 2.62. The highest BCUT2D eigenvalue weighted by Gasteiger charge is 2.11. The Morgan fingerprint density at radius 3 is 2.62 bits per heavy atom. The third-order valence-electron chi connectivity index (χ3n) is 4.02. The van der Waals surface area contributed by atoms with Gasteiger partial charge in [0.1, 0.15) is 0 Å². The van der Waals surface area contributed by atoms with E-state index in [2.05, 4.69) is 22.8 Å². The Bertz CT molecular complexity index is 755. The van der Waals surface area contributed by atoms with Crippen LogP contribution in [-0.4, -0.2) is 36.6 Å². The van der Waals surface area contributed by atoms with E-state index < -0.39 is 0 Å². The number of hydrogen-bond acceptors (Lipinski definition) is 3. The van der Waals surface area contributed by atoms with Gasteiger partial charge in [0, 0.05) is 18.7 Å². The minimum atomic E-state index is -0.0335. The van der Waals surface area contributed by atoms with Crippen LogP contribution in [0.1, 0.15) is 27.9 Å². The topological polar surface area (TPSA) is 32.3 Å². The van der Waals surface area contributed by atoms with Crippen LogP contribution in [0.15, 0.2) is 43.5 Å². The third-order valence-corrected chi connectivity index (χ3v) is 4.82. The standard InChI is InChI=1S/C20H24N2OS/c1-5-15-13-17-9-7-10-18(19(17)14-16(15)6-2)20(23)21-11-8-12-22(3)24-4/h5-7,9-10,13-14H,1-2,8,11-12H2,3-4H3,(H,21,23). The molecule has 0 aliphatic heterocycles. The molecule has 0 bridgehead atoms. The van der Waals surface area contributed by atoms with E-state index in [0.717, 1.165) is 34.9 Å². The molecule has 0 saturated carbocycles. The molecule has 0 radical (unpaired) electrons. The second kappa shape index (κ2) is 8.71. The quantitative estimate of drug-likeness (QED) is 0.569. The van der Waals surface area contributed by atoms with Crippen LogP contribution in [-0.2, 0) is 0 Å². The summed E-state index contributed by atoms with van der Waals surface area (Å²) < 4.78 is 2.15. The Labute approximate surface area is 148 Å². The van der Waals surface area contributed by atoms with Crippen LogP contribution in [0.3, 0.4) is 0 Å². The van der Waals surface area contributed by atoms with E-state index in [0.29, 0.717) is 12.1 Å². The largest absolute Gasteiger partial charge is 0.352 e. The fourth-order valence-corrected chi connectivity index (χ4v) is 2.91. The summed E-state index contributed by atoms with van der Waals surface area (Å²) in [5.74, 6) is -0.0335. The molecule has 0 aliphatic carbocycles. The van der Waals surface area contributed by atoms with E-state index in [1.165, 1.54) is 0 Å². The zero-order valence-electron chi connectivity index (χ0n) is 14.3. The molecule has 0 atom stereocenters. The maximum atomic E-state index is 12.6.